The van der Waals surface area contributed by atoms with Crippen molar-refractivity contribution in [2.75, 3.05) is 11.4 Å². The van der Waals surface area contributed by atoms with Crippen molar-refractivity contribution >= 4 is 17.5 Å². The number of benzene rings is 1. The second-order valence-electron chi connectivity index (χ2n) is 4.59. The van der Waals surface area contributed by atoms with Crippen molar-refractivity contribution in [3.05, 3.63) is 54.0 Å². The minimum Gasteiger partial charge on any atom is -0.320 e. The first-order valence-corrected chi connectivity index (χ1v) is 6.49. The molecule has 20 heavy (non-hydrogen) atoms. The van der Waals surface area contributed by atoms with E-state index < -0.39 is 0 Å². The van der Waals surface area contributed by atoms with Gasteiger partial charge in [0.2, 0.25) is 0 Å². The molecule has 0 saturated carbocycles. The lowest BCUT2D eigenvalue weighted by Crippen LogP contribution is -2.45. The molecular formula is C15H14FN3O. The van der Waals surface area contributed by atoms with Gasteiger partial charge in [0.05, 0.1) is 12.2 Å². The Labute approximate surface area is 116 Å². The zero-order valence-electron chi connectivity index (χ0n) is 11.1. The molecule has 3 rings (SSSR count). The van der Waals surface area contributed by atoms with Crippen LogP contribution in [0.15, 0.2) is 42.6 Å². The lowest BCUT2D eigenvalue weighted by atomic mass is 10.1. The predicted octanol–water partition coefficient (Wildman–Crippen LogP) is 3.31. The van der Waals surface area contributed by atoms with E-state index in [-0.39, 0.29) is 11.8 Å². The van der Waals surface area contributed by atoms with Gasteiger partial charge in [-0.2, -0.15) is 0 Å². The molecule has 0 saturated heterocycles. The summed E-state index contributed by atoms with van der Waals surface area (Å²) >= 11 is 0. The zero-order chi connectivity index (χ0) is 14.1. The van der Waals surface area contributed by atoms with E-state index in [0.29, 0.717) is 24.6 Å². The van der Waals surface area contributed by atoms with Gasteiger partial charge in [0.15, 0.2) is 0 Å². The molecule has 0 N–H and O–H groups in total. The number of anilines is 2. The molecule has 0 fully saturated rings. The van der Waals surface area contributed by atoms with Crippen LogP contribution in [0.2, 0.25) is 0 Å². The molecule has 0 aliphatic carbocycles. The van der Waals surface area contributed by atoms with Gasteiger partial charge in [-0.1, -0.05) is 6.07 Å². The summed E-state index contributed by atoms with van der Waals surface area (Å²) in [7, 11) is 0. The number of amides is 2. The number of halogens is 1. The summed E-state index contributed by atoms with van der Waals surface area (Å²) in [6, 6.07) is 9.53. The monoisotopic (exact) mass is 271 g/mol. The summed E-state index contributed by atoms with van der Waals surface area (Å²) in [6.45, 7) is 3.10. The molecule has 0 spiro atoms. The van der Waals surface area contributed by atoms with E-state index in [2.05, 4.69) is 4.98 Å². The second-order valence-corrected chi connectivity index (χ2v) is 4.59. The van der Waals surface area contributed by atoms with E-state index in [9.17, 15) is 9.18 Å². The largest absolute Gasteiger partial charge is 0.330 e. The summed E-state index contributed by atoms with van der Waals surface area (Å²) in [6.07, 6.45) is 1.66. The Hall–Kier alpha value is -2.43. The van der Waals surface area contributed by atoms with Crippen LogP contribution in [0.1, 0.15) is 12.5 Å². The average Bonchev–Trinajstić information content (AvgIpc) is 2.48. The van der Waals surface area contributed by atoms with E-state index >= 15 is 0 Å². The maximum Gasteiger partial charge on any atom is 0.330 e. The van der Waals surface area contributed by atoms with Crippen LogP contribution in [0.4, 0.5) is 20.7 Å². The number of fused-ring (bicyclic) bond motifs is 1. The van der Waals surface area contributed by atoms with E-state index in [1.165, 1.54) is 17.0 Å². The molecular weight excluding hydrogens is 257 g/mol. The third-order valence-electron chi connectivity index (χ3n) is 3.37. The lowest BCUT2D eigenvalue weighted by Gasteiger charge is -2.35. The van der Waals surface area contributed by atoms with Crippen LogP contribution in [0.5, 0.6) is 0 Å². The normalized spacial score (nSPS) is 14.4. The minimum atomic E-state index is -0.327. The Bertz CT molecular complexity index is 642. The Morgan fingerprint density at radius 3 is 2.70 bits per heavy atom. The van der Waals surface area contributed by atoms with Crippen LogP contribution in [0.25, 0.3) is 0 Å². The van der Waals surface area contributed by atoms with Crippen LogP contribution in [-0.4, -0.2) is 22.5 Å². The number of carbonyl (C=O) groups is 1. The Kier molecular flexibility index (Phi) is 3.10. The molecule has 0 radical (unpaired) electrons. The first kappa shape index (κ1) is 12.6. The summed E-state index contributed by atoms with van der Waals surface area (Å²) in [5.74, 6) is 0.292. The Morgan fingerprint density at radius 1 is 1.25 bits per heavy atom. The molecule has 4 nitrogen and oxygen atoms in total. The molecule has 2 amide bonds. The van der Waals surface area contributed by atoms with E-state index in [4.69, 9.17) is 0 Å². The van der Waals surface area contributed by atoms with Gasteiger partial charge in [0, 0.05) is 18.3 Å². The number of urea groups is 1. The fourth-order valence-corrected chi connectivity index (χ4v) is 2.33. The molecule has 102 valence electrons. The fourth-order valence-electron chi connectivity index (χ4n) is 2.33. The highest BCUT2D eigenvalue weighted by Gasteiger charge is 2.31. The van der Waals surface area contributed by atoms with Gasteiger partial charge < -0.3 is 4.90 Å². The van der Waals surface area contributed by atoms with Gasteiger partial charge in [-0.05, 0) is 37.3 Å². The summed E-state index contributed by atoms with van der Waals surface area (Å²) in [4.78, 5) is 20.1. The Morgan fingerprint density at radius 2 is 2.00 bits per heavy atom. The molecule has 2 heterocycles. The number of nitrogens with zero attached hydrogens (tertiary/aromatic N) is 3. The summed E-state index contributed by atoms with van der Waals surface area (Å²) in [5.41, 5.74) is 1.60. The number of hydrogen-bond donors (Lipinski definition) is 0. The van der Waals surface area contributed by atoms with Crippen molar-refractivity contribution < 1.29 is 9.18 Å². The van der Waals surface area contributed by atoms with E-state index in [0.717, 1.165) is 5.56 Å². The van der Waals surface area contributed by atoms with Crippen LogP contribution in [0, 0.1) is 5.82 Å². The fraction of sp³-hybridized carbons (Fsp3) is 0.200. The maximum atomic E-state index is 13.1. The van der Waals surface area contributed by atoms with Crippen LogP contribution in [0.3, 0.4) is 0 Å². The quantitative estimate of drug-likeness (QED) is 0.840. The van der Waals surface area contributed by atoms with Gasteiger partial charge in [-0.3, -0.25) is 0 Å². The number of carbonyl (C=O) groups excluding carboxylic acids is 1. The molecule has 0 atom stereocenters. The van der Waals surface area contributed by atoms with Gasteiger partial charge in [-0.25, -0.2) is 19.1 Å². The summed E-state index contributed by atoms with van der Waals surface area (Å²) < 4.78 is 13.1. The van der Waals surface area contributed by atoms with Crippen LogP contribution < -0.4 is 4.90 Å². The summed E-state index contributed by atoms with van der Waals surface area (Å²) in [5, 5.41) is 0. The van der Waals surface area contributed by atoms with Crippen LogP contribution in [-0.2, 0) is 6.54 Å². The van der Waals surface area contributed by atoms with Crippen LogP contribution >= 0.6 is 0 Å². The van der Waals surface area contributed by atoms with E-state index in [1.807, 2.05) is 19.1 Å². The van der Waals surface area contributed by atoms with Crippen molar-refractivity contribution in [2.45, 2.75) is 13.5 Å². The van der Waals surface area contributed by atoms with Crippen molar-refractivity contribution in [3.8, 4) is 0 Å². The highest BCUT2D eigenvalue weighted by atomic mass is 19.1. The zero-order valence-corrected chi connectivity index (χ0v) is 11.1. The maximum absolute atomic E-state index is 13.1. The third kappa shape index (κ3) is 2.01. The molecule has 5 heteroatoms. The van der Waals surface area contributed by atoms with Gasteiger partial charge in [0.1, 0.15) is 11.6 Å². The van der Waals surface area contributed by atoms with Crippen molar-refractivity contribution in [3.63, 3.8) is 0 Å². The molecule has 2 aromatic rings. The second kappa shape index (κ2) is 4.92. The standard InChI is InChI=1S/C15H14FN3O/c1-2-18-10-11-4-3-9-17-14(11)19(15(18)20)13-7-5-12(16)6-8-13/h3-9H,2,10H2,1H3. The topological polar surface area (TPSA) is 36.4 Å². The van der Waals surface area contributed by atoms with E-state index in [1.54, 1.807) is 23.2 Å². The molecule has 0 bridgehead atoms. The SMILES string of the molecule is CCN1Cc2cccnc2N(c2ccc(F)cc2)C1=O. The molecule has 1 aliphatic heterocycles. The number of pyridine rings is 1. The number of aromatic nitrogens is 1. The molecule has 1 aromatic heterocycles. The molecule has 1 aliphatic rings. The lowest BCUT2D eigenvalue weighted by molar-refractivity contribution is 0.204. The predicted molar refractivity (Wildman–Crippen MR) is 74.3 cm³/mol. The smallest absolute Gasteiger partial charge is 0.320 e. The van der Waals surface area contributed by atoms with Gasteiger partial charge in [0.25, 0.3) is 0 Å². The number of rotatable bonds is 2. The highest BCUT2D eigenvalue weighted by Crippen LogP contribution is 2.32. The minimum absolute atomic E-state index is 0.134. The third-order valence-corrected chi connectivity index (χ3v) is 3.37. The van der Waals surface area contributed by atoms with Crippen molar-refractivity contribution in [1.82, 2.24) is 9.88 Å². The molecule has 0 unspecified atom stereocenters. The first-order chi connectivity index (χ1) is 9.70. The van der Waals surface area contributed by atoms with Gasteiger partial charge >= 0.3 is 6.03 Å². The van der Waals surface area contributed by atoms with Crippen molar-refractivity contribution in [2.24, 2.45) is 0 Å². The highest BCUT2D eigenvalue weighted by molar-refractivity contribution is 6.00. The first-order valence-electron chi connectivity index (χ1n) is 6.49. The molecule has 1 aromatic carbocycles. The average molecular weight is 271 g/mol. The van der Waals surface area contributed by atoms with Crippen molar-refractivity contribution in [1.29, 1.82) is 0 Å². The van der Waals surface area contributed by atoms with Gasteiger partial charge in [-0.15, -0.1) is 0 Å². The Balaban J connectivity index is 2.11. The number of hydrogen-bond acceptors (Lipinski definition) is 2.